The summed E-state index contributed by atoms with van der Waals surface area (Å²) in [6, 6.07) is 7.15. The Labute approximate surface area is 191 Å². The first-order chi connectivity index (χ1) is 16.2. The number of hydrogen-bond donors (Lipinski definition) is 1. The van der Waals surface area contributed by atoms with E-state index in [1.54, 1.807) is 23.0 Å². The minimum Gasteiger partial charge on any atom is -0.366 e. The maximum atomic E-state index is 14.5. The molecule has 0 aliphatic carbocycles. The summed E-state index contributed by atoms with van der Waals surface area (Å²) < 4.78 is 45.1. The van der Waals surface area contributed by atoms with Gasteiger partial charge in [0.15, 0.2) is 11.5 Å². The number of hydrogen-bond acceptors (Lipinski definition) is 6. The SMILES string of the molecule is Cc1cnc(-c2cnn([C@H](c3ccc(F)cc3)C(C)(F)F)c2)nc1-c1ccn2nc(N)nc2c1. The van der Waals surface area contributed by atoms with Gasteiger partial charge in [-0.2, -0.15) is 10.1 Å². The highest BCUT2D eigenvalue weighted by molar-refractivity contribution is 5.69. The van der Waals surface area contributed by atoms with Crippen LogP contribution in [0.2, 0.25) is 0 Å². The van der Waals surface area contributed by atoms with E-state index in [4.69, 9.17) is 5.73 Å². The summed E-state index contributed by atoms with van der Waals surface area (Å²) in [6.45, 7) is 2.67. The molecule has 4 heterocycles. The molecule has 4 aromatic heterocycles. The van der Waals surface area contributed by atoms with E-state index in [0.29, 0.717) is 22.7 Å². The fourth-order valence-corrected chi connectivity index (χ4v) is 3.84. The third-order valence-electron chi connectivity index (χ3n) is 5.39. The van der Waals surface area contributed by atoms with Gasteiger partial charge in [0.1, 0.15) is 11.9 Å². The lowest BCUT2D eigenvalue weighted by Gasteiger charge is -2.24. The molecule has 172 valence electrons. The Bertz CT molecular complexity index is 1480. The number of nitrogens with zero attached hydrogens (tertiary/aromatic N) is 7. The summed E-state index contributed by atoms with van der Waals surface area (Å²) in [4.78, 5) is 13.2. The summed E-state index contributed by atoms with van der Waals surface area (Å²) in [6.07, 6.45) is 6.27. The molecule has 8 nitrogen and oxygen atoms in total. The van der Waals surface area contributed by atoms with Crippen LogP contribution in [0, 0.1) is 12.7 Å². The Morgan fingerprint density at radius 2 is 1.79 bits per heavy atom. The van der Waals surface area contributed by atoms with Crippen LogP contribution in [-0.4, -0.2) is 40.3 Å². The summed E-state index contributed by atoms with van der Waals surface area (Å²) >= 11 is 0. The Hall–Kier alpha value is -4.28. The molecule has 0 saturated heterocycles. The molecule has 5 aromatic rings. The van der Waals surface area contributed by atoms with Crippen LogP contribution >= 0.6 is 0 Å². The standard InChI is InChI=1S/C23H19F3N8/c1-13-10-28-21(31-19(13)15-7-8-33-18(9-15)30-22(27)32-33)16-11-29-34(12-16)20(23(2,25)26)14-3-5-17(24)6-4-14/h3-12,20H,1-2H3,(H2,27,32)/t20-/m1/s1. The minimum atomic E-state index is -3.16. The number of fused-ring (bicyclic) bond motifs is 1. The highest BCUT2D eigenvalue weighted by atomic mass is 19.3. The number of alkyl halides is 2. The highest BCUT2D eigenvalue weighted by Crippen LogP contribution is 2.35. The van der Waals surface area contributed by atoms with E-state index in [9.17, 15) is 13.2 Å². The van der Waals surface area contributed by atoms with Gasteiger partial charge >= 0.3 is 0 Å². The zero-order chi connectivity index (χ0) is 24.0. The molecule has 0 aliphatic heterocycles. The summed E-state index contributed by atoms with van der Waals surface area (Å²) in [7, 11) is 0. The van der Waals surface area contributed by atoms with E-state index in [2.05, 4.69) is 25.1 Å². The molecule has 5 rings (SSSR count). The van der Waals surface area contributed by atoms with Gasteiger partial charge in [0.25, 0.3) is 5.92 Å². The zero-order valence-corrected chi connectivity index (χ0v) is 18.2. The van der Waals surface area contributed by atoms with Crippen molar-refractivity contribution in [3.63, 3.8) is 0 Å². The maximum Gasteiger partial charge on any atom is 0.271 e. The van der Waals surface area contributed by atoms with Gasteiger partial charge in [0, 0.05) is 31.1 Å². The molecule has 0 spiro atoms. The predicted molar refractivity (Wildman–Crippen MR) is 120 cm³/mol. The molecule has 0 amide bonds. The average Bonchev–Trinajstić information content (AvgIpc) is 3.40. The van der Waals surface area contributed by atoms with Crippen molar-refractivity contribution >= 4 is 11.6 Å². The molecule has 0 fully saturated rings. The fraction of sp³-hybridized carbons (Fsp3) is 0.174. The lowest BCUT2D eigenvalue weighted by Crippen LogP contribution is -2.29. The van der Waals surface area contributed by atoms with Gasteiger partial charge < -0.3 is 5.73 Å². The van der Waals surface area contributed by atoms with Gasteiger partial charge in [-0.3, -0.25) is 4.68 Å². The van der Waals surface area contributed by atoms with Crippen molar-refractivity contribution in [2.75, 3.05) is 5.73 Å². The Balaban J connectivity index is 1.54. The third-order valence-corrected chi connectivity index (χ3v) is 5.39. The van der Waals surface area contributed by atoms with Gasteiger partial charge in [-0.15, -0.1) is 5.10 Å². The fourth-order valence-electron chi connectivity index (χ4n) is 3.84. The largest absolute Gasteiger partial charge is 0.366 e. The van der Waals surface area contributed by atoms with Crippen molar-refractivity contribution in [1.29, 1.82) is 0 Å². The molecular formula is C23H19F3N8. The molecule has 0 aliphatic rings. The second-order valence-electron chi connectivity index (χ2n) is 8.03. The van der Waals surface area contributed by atoms with Crippen LogP contribution in [0.4, 0.5) is 19.1 Å². The lowest BCUT2D eigenvalue weighted by molar-refractivity contribution is -0.0217. The molecule has 2 N–H and O–H groups in total. The molecule has 0 bridgehead atoms. The van der Waals surface area contributed by atoms with Gasteiger partial charge in [0.2, 0.25) is 5.95 Å². The Morgan fingerprint density at radius 3 is 2.53 bits per heavy atom. The molecular weight excluding hydrogens is 445 g/mol. The number of anilines is 1. The van der Waals surface area contributed by atoms with E-state index in [0.717, 1.165) is 34.9 Å². The normalized spacial score (nSPS) is 12.9. The number of pyridine rings is 1. The molecule has 0 saturated carbocycles. The van der Waals surface area contributed by atoms with E-state index in [1.807, 2.05) is 13.0 Å². The van der Waals surface area contributed by atoms with Crippen LogP contribution in [0.15, 0.2) is 61.2 Å². The number of benzene rings is 1. The van der Waals surface area contributed by atoms with Gasteiger partial charge in [-0.25, -0.2) is 27.7 Å². The van der Waals surface area contributed by atoms with Crippen LogP contribution in [0.1, 0.15) is 24.1 Å². The predicted octanol–water partition coefficient (Wildman–Crippen LogP) is 4.32. The monoisotopic (exact) mass is 464 g/mol. The maximum absolute atomic E-state index is 14.5. The molecule has 34 heavy (non-hydrogen) atoms. The highest BCUT2D eigenvalue weighted by Gasteiger charge is 2.37. The Morgan fingerprint density at radius 1 is 1.03 bits per heavy atom. The van der Waals surface area contributed by atoms with E-state index < -0.39 is 17.8 Å². The van der Waals surface area contributed by atoms with Crippen LogP contribution < -0.4 is 5.73 Å². The van der Waals surface area contributed by atoms with Crippen LogP contribution in [0.25, 0.3) is 28.3 Å². The van der Waals surface area contributed by atoms with Crippen molar-refractivity contribution < 1.29 is 13.2 Å². The second kappa shape index (κ2) is 7.94. The molecule has 1 atom stereocenters. The smallest absolute Gasteiger partial charge is 0.271 e. The minimum absolute atomic E-state index is 0.160. The molecule has 11 heteroatoms. The van der Waals surface area contributed by atoms with Gasteiger partial charge in [-0.1, -0.05) is 12.1 Å². The second-order valence-corrected chi connectivity index (χ2v) is 8.03. The van der Waals surface area contributed by atoms with Crippen molar-refractivity contribution in [2.24, 2.45) is 0 Å². The number of rotatable bonds is 5. The van der Waals surface area contributed by atoms with Crippen LogP contribution in [0.5, 0.6) is 0 Å². The molecule has 1 aromatic carbocycles. The summed E-state index contributed by atoms with van der Waals surface area (Å²) in [5, 5.41) is 8.22. The van der Waals surface area contributed by atoms with Crippen molar-refractivity contribution in [3.05, 3.63) is 78.1 Å². The van der Waals surface area contributed by atoms with Crippen LogP contribution in [-0.2, 0) is 0 Å². The number of nitrogen functional groups attached to an aromatic ring is 1. The van der Waals surface area contributed by atoms with Crippen molar-refractivity contribution in [2.45, 2.75) is 25.8 Å². The Kier molecular flexibility index (Phi) is 5.03. The van der Waals surface area contributed by atoms with Gasteiger partial charge in [0.05, 0.1) is 17.5 Å². The van der Waals surface area contributed by atoms with E-state index >= 15 is 0 Å². The summed E-state index contributed by atoms with van der Waals surface area (Å²) in [5.41, 5.74) is 9.17. The first-order valence-electron chi connectivity index (χ1n) is 10.3. The molecule has 0 unspecified atom stereocenters. The van der Waals surface area contributed by atoms with E-state index in [1.165, 1.54) is 24.5 Å². The zero-order valence-electron chi connectivity index (χ0n) is 18.2. The first-order valence-corrected chi connectivity index (χ1v) is 10.3. The number of halogens is 3. The first kappa shape index (κ1) is 21.6. The average molecular weight is 464 g/mol. The number of aryl methyl sites for hydroxylation is 1. The van der Waals surface area contributed by atoms with Crippen molar-refractivity contribution in [1.82, 2.24) is 34.3 Å². The number of aromatic nitrogens is 7. The van der Waals surface area contributed by atoms with Crippen LogP contribution in [0.3, 0.4) is 0 Å². The molecule has 0 radical (unpaired) electrons. The topological polar surface area (TPSA) is 99.8 Å². The lowest BCUT2D eigenvalue weighted by atomic mass is 10.0. The third kappa shape index (κ3) is 3.96. The number of nitrogens with two attached hydrogens (primary N) is 1. The quantitative estimate of drug-likeness (QED) is 0.416. The van der Waals surface area contributed by atoms with Crippen molar-refractivity contribution in [3.8, 4) is 22.6 Å². The summed E-state index contributed by atoms with van der Waals surface area (Å²) in [5.74, 6) is -3.18. The van der Waals surface area contributed by atoms with E-state index in [-0.39, 0.29) is 11.5 Å². The van der Waals surface area contributed by atoms with Gasteiger partial charge in [-0.05, 0) is 42.3 Å².